The third-order valence-electron chi connectivity index (χ3n) is 2.47. The number of pyridine rings is 1. The van der Waals surface area contributed by atoms with Crippen molar-refractivity contribution in [3.8, 4) is 0 Å². The minimum absolute atomic E-state index is 0.0282. The summed E-state index contributed by atoms with van der Waals surface area (Å²) in [6.45, 7) is 1.07. The fourth-order valence-electron chi connectivity index (χ4n) is 1.53. The zero-order chi connectivity index (χ0) is 12.0. The highest BCUT2D eigenvalue weighted by atomic mass is 16.1. The summed E-state index contributed by atoms with van der Waals surface area (Å²) in [5.41, 5.74) is 11.7. The highest BCUT2D eigenvalue weighted by molar-refractivity contribution is 5.74. The van der Waals surface area contributed by atoms with Crippen LogP contribution in [0.25, 0.3) is 0 Å². The highest BCUT2D eigenvalue weighted by Crippen LogP contribution is 2.05. The lowest BCUT2D eigenvalue weighted by Gasteiger charge is -2.25. The molecule has 1 rings (SSSR count). The van der Waals surface area contributed by atoms with Crippen molar-refractivity contribution in [2.24, 2.45) is 11.5 Å². The standard InChI is InChI=1S/C11H18N4O/c1-15(10(7-12)6-11(13)16)8-9-4-2-3-5-14-9/h2-5,10H,6-8,12H2,1H3,(H2,13,16). The topological polar surface area (TPSA) is 85.2 Å². The maximum absolute atomic E-state index is 10.8. The lowest BCUT2D eigenvalue weighted by atomic mass is 10.1. The summed E-state index contributed by atoms with van der Waals surface area (Å²) in [6, 6.07) is 5.71. The number of rotatable bonds is 6. The van der Waals surface area contributed by atoms with E-state index in [4.69, 9.17) is 11.5 Å². The molecule has 0 radical (unpaired) electrons. The molecule has 0 spiro atoms. The van der Waals surface area contributed by atoms with Gasteiger partial charge in [0.25, 0.3) is 0 Å². The van der Waals surface area contributed by atoms with Gasteiger partial charge in [0.05, 0.1) is 5.69 Å². The molecule has 1 unspecified atom stereocenters. The molecule has 1 aromatic heterocycles. The molecule has 0 aliphatic heterocycles. The average molecular weight is 222 g/mol. The Kier molecular flexibility index (Phi) is 4.88. The maximum atomic E-state index is 10.8. The Bertz CT molecular complexity index is 328. The van der Waals surface area contributed by atoms with Crippen molar-refractivity contribution in [3.63, 3.8) is 0 Å². The Labute approximate surface area is 95.4 Å². The molecule has 1 aromatic rings. The zero-order valence-electron chi connectivity index (χ0n) is 9.47. The van der Waals surface area contributed by atoms with E-state index in [-0.39, 0.29) is 18.4 Å². The van der Waals surface area contributed by atoms with Crippen molar-refractivity contribution >= 4 is 5.91 Å². The molecule has 4 N–H and O–H groups in total. The lowest BCUT2D eigenvalue weighted by molar-refractivity contribution is -0.119. The van der Waals surface area contributed by atoms with Gasteiger partial charge in [-0.15, -0.1) is 0 Å². The molecule has 0 bridgehead atoms. The number of carbonyl (C=O) groups excluding carboxylic acids is 1. The number of amides is 1. The summed E-state index contributed by atoms with van der Waals surface area (Å²) in [6.07, 6.45) is 2.02. The van der Waals surface area contributed by atoms with Crippen LogP contribution in [0.5, 0.6) is 0 Å². The number of primary amides is 1. The molecule has 0 aliphatic rings. The van der Waals surface area contributed by atoms with Gasteiger partial charge in [0.2, 0.25) is 5.91 Å². The summed E-state index contributed by atoms with van der Waals surface area (Å²) in [5, 5.41) is 0. The van der Waals surface area contributed by atoms with E-state index in [0.29, 0.717) is 13.1 Å². The number of hydrogen-bond acceptors (Lipinski definition) is 4. The van der Waals surface area contributed by atoms with Crippen LogP contribution in [0.2, 0.25) is 0 Å². The predicted octanol–water partition coefficient (Wildman–Crippen LogP) is -0.284. The molecule has 5 heteroatoms. The maximum Gasteiger partial charge on any atom is 0.219 e. The third-order valence-corrected chi connectivity index (χ3v) is 2.47. The van der Waals surface area contributed by atoms with Crippen molar-refractivity contribution in [2.75, 3.05) is 13.6 Å². The highest BCUT2D eigenvalue weighted by Gasteiger charge is 2.15. The molecule has 0 saturated heterocycles. The predicted molar refractivity (Wildman–Crippen MR) is 62.4 cm³/mol. The van der Waals surface area contributed by atoms with Gasteiger partial charge in [0.1, 0.15) is 0 Å². The van der Waals surface area contributed by atoms with E-state index < -0.39 is 0 Å². The summed E-state index contributed by atoms with van der Waals surface area (Å²) in [7, 11) is 1.91. The summed E-state index contributed by atoms with van der Waals surface area (Å²) in [4.78, 5) is 17.1. The van der Waals surface area contributed by atoms with Gasteiger partial charge in [0.15, 0.2) is 0 Å². The van der Waals surface area contributed by atoms with Crippen molar-refractivity contribution in [3.05, 3.63) is 30.1 Å². The molecule has 1 amide bonds. The molecule has 0 aromatic carbocycles. The minimum atomic E-state index is -0.330. The number of likely N-dealkylation sites (N-methyl/N-ethyl adjacent to an activating group) is 1. The molecule has 0 saturated carbocycles. The van der Waals surface area contributed by atoms with E-state index in [0.717, 1.165) is 5.69 Å². The van der Waals surface area contributed by atoms with Crippen molar-refractivity contribution in [1.29, 1.82) is 0 Å². The van der Waals surface area contributed by atoms with E-state index in [1.807, 2.05) is 30.1 Å². The Morgan fingerprint density at radius 3 is 2.81 bits per heavy atom. The Morgan fingerprint density at radius 2 is 2.31 bits per heavy atom. The van der Waals surface area contributed by atoms with Crippen LogP contribution in [0.1, 0.15) is 12.1 Å². The molecular formula is C11H18N4O. The molecule has 5 nitrogen and oxygen atoms in total. The zero-order valence-corrected chi connectivity index (χ0v) is 9.47. The van der Waals surface area contributed by atoms with Crippen molar-refractivity contribution in [2.45, 2.75) is 19.0 Å². The average Bonchev–Trinajstić information content (AvgIpc) is 2.26. The van der Waals surface area contributed by atoms with Gasteiger partial charge in [-0.2, -0.15) is 0 Å². The van der Waals surface area contributed by atoms with Gasteiger partial charge >= 0.3 is 0 Å². The van der Waals surface area contributed by atoms with E-state index in [1.54, 1.807) is 6.20 Å². The van der Waals surface area contributed by atoms with E-state index in [1.165, 1.54) is 0 Å². The van der Waals surface area contributed by atoms with Crippen LogP contribution in [0, 0.1) is 0 Å². The first-order valence-corrected chi connectivity index (χ1v) is 5.22. The van der Waals surface area contributed by atoms with Crippen LogP contribution in [-0.2, 0) is 11.3 Å². The number of nitrogens with two attached hydrogens (primary N) is 2. The Morgan fingerprint density at radius 1 is 1.56 bits per heavy atom. The first kappa shape index (κ1) is 12.6. The largest absolute Gasteiger partial charge is 0.370 e. The Hall–Kier alpha value is -1.46. The van der Waals surface area contributed by atoms with Gasteiger partial charge in [-0.3, -0.25) is 14.7 Å². The second-order valence-electron chi connectivity index (χ2n) is 3.80. The fourth-order valence-corrected chi connectivity index (χ4v) is 1.53. The molecule has 16 heavy (non-hydrogen) atoms. The molecule has 1 heterocycles. The van der Waals surface area contributed by atoms with Gasteiger partial charge in [-0.05, 0) is 19.2 Å². The van der Waals surface area contributed by atoms with Gasteiger partial charge in [0, 0.05) is 31.7 Å². The van der Waals surface area contributed by atoms with Crippen molar-refractivity contribution in [1.82, 2.24) is 9.88 Å². The van der Waals surface area contributed by atoms with Crippen LogP contribution < -0.4 is 11.5 Å². The van der Waals surface area contributed by atoms with E-state index >= 15 is 0 Å². The van der Waals surface area contributed by atoms with Crippen molar-refractivity contribution < 1.29 is 4.79 Å². The van der Waals surface area contributed by atoms with Gasteiger partial charge in [-0.1, -0.05) is 6.07 Å². The van der Waals surface area contributed by atoms with Crippen LogP contribution in [0.3, 0.4) is 0 Å². The number of aromatic nitrogens is 1. The molecule has 0 fully saturated rings. The van der Waals surface area contributed by atoms with Crippen LogP contribution in [-0.4, -0.2) is 35.4 Å². The molecule has 0 aliphatic carbocycles. The van der Waals surface area contributed by atoms with E-state index in [2.05, 4.69) is 4.98 Å². The lowest BCUT2D eigenvalue weighted by Crippen LogP contribution is -2.40. The summed E-state index contributed by atoms with van der Waals surface area (Å²) in [5.74, 6) is -0.330. The van der Waals surface area contributed by atoms with Crippen LogP contribution in [0.15, 0.2) is 24.4 Å². The van der Waals surface area contributed by atoms with Crippen LogP contribution in [0.4, 0.5) is 0 Å². The second-order valence-corrected chi connectivity index (χ2v) is 3.80. The number of nitrogens with zero attached hydrogens (tertiary/aromatic N) is 2. The summed E-state index contributed by atoms with van der Waals surface area (Å²) >= 11 is 0. The quantitative estimate of drug-likeness (QED) is 0.693. The fraction of sp³-hybridized carbons (Fsp3) is 0.455. The monoisotopic (exact) mass is 222 g/mol. The second kappa shape index (κ2) is 6.19. The summed E-state index contributed by atoms with van der Waals surface area (Å²) < 4.78 is 0. The minimum Gasteiger partial charge on any atom is -0.370 e. The van der Waals surface area contributed by atoms with Gasteiger partial charge in [-0.25, -0.2) is 0 Å². The number of carbonyl (C=O) groups is 1. The first-order chi connectivity index (χ1) is 7.63. The number of hydrogen-bond donors (Lipinski definition) is 2. The molecule has 1 atom stereocenters. The normalized spacial score (nSPS) is 12.7. The molecular weight excluding hydrogens is 204 g/mol. The first-order valence-electron chi connectivity index (χ1n) is 5.22. The Balaban J connectivity index is 2.55. The van der Waals surface area contributed by atoms with Crippen LogP contribution >= 0.6 is 0 Å². The SMILES string of the molecule is CN(Cc1ccccn1)C(CN)CC(N)=O. The van der Waals surface area contributed by atoms with E-state index in [9.17, 15) is 4.79 Å². The smallest absolute Gasteiger partial charge is 0.219 e. The third kappa shape index (κ3) is 3.96. The van der Waals surface area contributed by atoms with Gasteiger partial charge < -0.3 is 11.5 Å². The molecule has 88 valence electrons.